The second-order valence-electron chi connectivity index (χ2n) is 7.10. The minimum absolute atomic E-state index is 0.170. The Balaban J connectivity index is 1.88. The number of piperidine rings is 1. The van der Waals surface area contributed by atoms with Gasteiger partial charge in [0.15, 0.2) is 0 Å². The Bertz CT molecular complexity index is 954. The van der Waals surface area contributed by atoms with Crippen molar-refractivity contribution in [2.75, 3.05) is 38.9 Å². The second-order valence-corrected chi connectivity index (χ2v) is 9.08. The van der Waals surface area contributed by atoms with Crippen LogP contribution in [-0.4, -0.2) is 63.8 Å². The van der Waals surface area contributed by atoms with E-state index in [1.807, 2.05) is 0 Å². The third-order valence-corrected chi connectivity index (χ3v) is 6.56. The molecule has 0 atom stereocenters. The molecule has 1 N–H and O–H groups in total. The number of hydrogen-bond acceptors (Lipinski definition) is 7. The highest BCUT2D eigenvalue weighted by Gasteiger charge is 2.51. The lowest BCUT2D eigenvalue weighted by molar-refractivity contribution is -0.149. The van der Waals surface area contributed by atoms with Crippen LogP contribution in [0.3, 0.4) is 0 Å². The van der Waals surface area contributed by atoms with Crippen LogP contribution in [0, 0.1) is 0 Å². The van der Waals surface area contributed by atoms with Gasteiger partial charge < -0.3 is 19.5 Å². The molecular weight excluding hydrogens is 400 g/mol. The van der Waals surface area contributed by atoms with Gasteiger partial charge in [0.2, 0.25) is 10.0 Å². The Morgan fingerprint density at radius 2 is 1.69 bits per heavy atom. The number of carbonyl (C=O) groups excluding carboxylic acids is 2. The van der Waals surface area contributed by atoms with Crippen molar-refractivity contribution in [2.24, 2.45) is 0 Å². The van der Waals surface area contributed by atoms with E-state index in [0.29, 0.717) is 17.2 Å². The molecule has 10 heteroatoms. The Morgan fingerprint density at radius 1 is 1.14 bits per heavy atom. The topological polar surface area (TPSA) is 111 Å². The van der Waals surface area contributed by atoms with Gasteiger partial charge in [-0.3, -0.25) is 4.79 Å². The first-order chi connectivity index (χ1) is 13.6. The molecule has 3 rings (SSSR count). The van der Waals surface area contributed by atoms with Crippen LogP contribution in [0.1, 0.15) is 19.8 Å². The second kappa shape index (κ2) is 7.68. The predicted octanol–water partition coefficient (Wildman–Crippen LogP) is 1.31. The molecular formula is C19H24N2O7S. The van der Waals surface area contributed by atoms with Crippen LogP contribution in [-0.2, 0) is 24.3 Å². The largest absolute Gasteiger partial charge is 0.497 e. The van der Waals surface area contributed by atoms with Gasteiger partial charge in [0.1, 0.15) is 17.1 Å². The zero-order valence-corrected chi connectivity index (χ0v) is 17.6. The minimum atomic E-state index is -3.35. The number of nitrogens with one attached hydrogen (secondary N) is 1. The van der Waals surface area contributed by atoms with Gasteiger partial charge >= 0.3 is 5.97 Å². The highest BCUT2D eigenvalue weighted by molar-refractivity contribution is 7.88. The summed E-state index contributed by atoms with van der Waals surface area (Å²) in [6.07, 6.45) is 1.57. The molecule has 158 valence electrons. The summed E-state index contributed by atoms with van der Waals surface area (Å²) in [6, 6.07) is 4.94. The van der Waals surface area contributed by atoms with Crippen molar-refractivity contribution in [3.8, 4) is 11.5 Å². The third-order valence-electron chi connectivity index (χ3n) is 5.26. The molecule has 2 aliphatic heterocycles. The highest BCUT2D eigenvalue weighted by atomic mass is 32.2. The lowest BCUT2D eigenvalue weighted by Gasteiger charge is -2.38. The number of benzene rings is 1. The fourth-order valence-electron chi connectivity index (χ4n) is 3.73. The lowest BCUT2D eigenvalue weighted by atomic mass is 9.83. The van der Waals surface area contributed by atoms with Crippen molar-refractivity contribution in [1.29, 1.82) is 0 Å². The number of esters is 1. The summed E-state index contributed by atoms with van der Waals surface area (Å²) in [7, 11) is -0.350. The number of nitrogens with zero attached hydrogens (tertiary/aromatic N) is 1. The van der Waals surface area contributed by atoms with E-state index in [1.54, 1.807) is 25.1 Å². The fraction of sp³-hybridized carbons (Fsp3) is 0.474. The van der Waals surface area contributed by atoms with Gasteiger partial charge in [0.05, 0.1) is 26.0 Å². The molecule has 0 saturated carbocycles. The summed E-state index contributed by atoms with van der Waals surface area (Å²) in [6.45, 7) is 1.88. The van der Waals surface area contributed by atoms with E-state index in [1.165, 1.54) is 18.5 Å². The number of hydrogen-bond donors (Lipinski definition) is 1. The van der Waals surface area contributed by atoms with E-state index < -0.39 is 27.5 Å². The van der Waals surface area contributed by atoms with Crippen molar-refractivity contribution in [3.63, 3.8) is 0 Å². The summed E-state index contributed by atoms with van der Waals surface area (Å²) in [5.74, 6) is -0.0387. The van der Waals surface area contributed by atoms with Gasteiger partial charge in [0, 0.05) is 55.4 Å². The maximum Gasteiger partial charge on any atom is 0.335 e. The zero-order chi connectivity index (χ0) is 21.4. The first-order valence-corrected chi connectivity index (χ1v) is 10.9. The fourth-order valence-corrected chi connectivity index (χ4v) is 4.58. The standard InChI is InChI=1S/C19H24N2O7S/c1-12-16(17(22)20-13-9-14(26-2)11-15(10-13)27-3)19(28-18(12)23)5-7-21(8-6-19)29(4,24)25/h9-11H,5-8H2,1-4H3,(H,20,22). The summed E-state index contributed by atoms with van der Waals surface area (Å²) in [5.41, 5.74) is -0.229. The van der Waals surface area contributed by atoms with Crippen LogP contribution in [0.15, 0.2) is 29.3 Å². The average Bonchev–Trinajstić information content (AvgIpc) is 2.90. The van der Waals surface area contributed by atoms with Crippen molar-refractivity contribution in [3.05, 3.63) is 29.3 Å². The molecule has 1 aromatic rings. The molecule has 0 aromatic heterocycles. The van der Waals surface area contributed by atoms with E-state index >= 15 is 0 Å². The van der Waals surface area contributed by atoms with Gasteiger partial charge in [-0.05, 0) is 6.92 Å². The summed E-state index contributed by atoms with van der Waals surface area (Å²) in [5, 5.41) is 2.78. The molecule has 1 amide bonds. The van der Waals surface area contributed by atoms with E-state index in [-0.39, 0.29) is 37.1 Å². The summed E-state index contributed by atoms with van der Waals surface area (Å²) >= 11 is 0. The molecule has 0 bridgehead atoms. The van der Waals surface area contributed by atoms with Gasteiger partial charge in [0.25, 0.3) is 5.91 Å². The number of rotatable bonds is 5. The quantitative estimate of drug-likeness (QED) is 0.710. The van der Waals surface area contributed by atoms with Crippen molar-refractivity contribution < 1.29 is 32.2 Å². The first-order valence-electron chi connectivity index (χ1n) is 9.04. The van der Waals surface area contributed by atoms with Crippen LogP contribution in [0.2, 0.25) is 0 Å². The first kappa shape index (κ1) is 21.1. The maximum atomic E-state index is 13.1. The van der Waals surface area contributed by atoms with Crippen LogP contribution in [0.4, 0.5) is 5.69 Å². The van der Waals surface area contributed by atoms with Crippen molar-refractivity contribution in [2.45, 2.75) is 25.4 Å². The molecule has 0 unspecified atom stereocenters. The average molecular weight is 424 g/mol. The Labute approximate surface area is 169 Å². The number of ether oxygens (including phenoxy) is 3. The zero-order valence-electron chi connectivity index (χ0n) is 16.8. The summed E-state index contributed by atoms with van der Waals surface area (Å²) in [4.78, 5) is 25.4. The number of amides is 1. The third kappa shape index (κ3) is 4.08. The Kier molecular flexibility index (Phi) is 5.59. The number of carbonyl (C=O) groups is 2. The number of methoxy groups -OCH3 is 2. The Hall–Kier alpha value is -2.59. The Morgan fingerprint density at radius 3 is 2.17 bits per heavy atom. The highest BCUT2D eigenvalue weighted by Crippen LogP contribution is 2.42. The molecule has 9 nitrogen and oxygen atoms in total. The van der Waals surface area contributed by atoms with Crippen molar-refractivity contribution >= 4 is 27.6 Å². The smallest absolute Gasteiger partial charge is 0.335 e. The molecule has 1 fully saturated rings. The van der Waals surface area contributed by atoms with Gasteiger partial charge in [-0.2, -0.15) is 0 Å². The van der Waals surface area contributed by atoms with Gasteiger partial charge in [-0.1, -0.05) is 0 Å². The number of anilines is 1. The molecule has 1 spiro atoms. The van der Waals surface area contributed by atoms with E-state index in [9.17, 15) is 18.0 Å². The monoisotopic (exact) mass is 424 g/mol. The van der Waals surface area contributed by atoms with Crippen LogP contribution in [0.5, 0.6) is 11.5 Å². The van der Waals surface area contributed by atoms with E-state index in [2.05, 4.69) is 5.32 Å². The van der Waals surface area contributed by atoms with E-state index in [0.717, 1.165) is 6.26 Å². The SMILES string of the molecule is COc1cc(NC(=O)C2=C(C)C(=O)OC23CCN(S(C)(=O)=O)CC3)cc(OC)c1. The minimum Gasteiger partial charge on any atom is -0.497 e. The summed E-state index contributed by atoms with van der Waals surface area (Å²) < 4.78 is 40.9. The van der Waals surface area contributed by atoms with Crippen LogP contribution in [0.25, 0.3) is 0 Å². The molecule has 0 radical (unpaired) electrons. The molecule has 29 heavy (non-hydrogen) atoms. The predicted molar refractivity (Wildman–Crippen MR) is 105 cm³/mol. The van der Waals surface area contributed by atoms with E-state index in [4.69, 9.17) is 14.2 Å². The maximum absolute atomic E-state index is 13.1. The lowest BCUT2D eigenvalue weighted by Crippen LogP contribution is -2.49. The molecule has 1 aromatic carbocycles. The normalized spacial score (nSPS) is 19.2. The van der Waals surface area contributed by atoms with Gasteiger partial charge in [-0.25, -0.2) is 17.5 Å². The van der Waals surface area contributed by atoms with Crippen LogP contribution < -0.4 is 14.8 Å². The van der Waals surface area contributed by atoms with Crippen LogP contribution >= 0.6 is 0 Å². The molecule has 0 aliphatic carbocycles. The number of sulfonamides is 1. The van der Waals surface area contributed by atoms with Gasteiger partial charge in [-0.15, -0.1) is 0 Å². The molecule has 2 heterocycles. The van der Waals surface area contributed by atoms with Crippen molar-refractivity contribution in [1.82, 2.24) is 4.31 Å². The molecule has 1 saturated heterocycles. The molecule has 2 aliphatic rings.